The van der Waals surface area contributed by atoms with E-state index >= 15 is 0 Å². The highest BCUT2D eigenvalue weighted by Gasteiger charge is 2.29. The van der Waals surface area contributed by atoms with E-state index in [0.717, 1.165) is 19.3 Å². The molecule has 2 fully saturated rings. The van der Waals surface area contributed by atoms with E-state index < -0.39 is 0 Å². The Hall–Kier alpha value is -0.410. The first-order valence-corrected chi connectivity index (χ1v) is 6.59. The van der Waals surface area contributed by atoms with Crippen LogP contribution in [0.2, 0.25) is 0 Å². The largest absolute Gasteiger partial charge is 0.305 e. The lowest BCUT2D eigenvalue weighted by atomic mass is 9.91. The lowest BCUT2D eigenvalue weighted by Gasteiger charge is -2.41. The number of rotatable bonds is 2. The molecule has 0 bridgehead atoms. The van der Waals surface area contributed by atoms with E-state index in [1.54, 1.807) is 0 Å². The molecule has 0 spiro atoms. The molecule has 3 heteroatoms. The molecule has 0 aromatic rings. The molecule has 1 aliphatic heterocycles. The molecule has 0 radical (unpaired) electrons. The van der Waals surface area contributed by atoms with Crippen molar-refractivity contribution in [1.82, 2.24) is 9.80 Å². The Bertz CT molecular complexity index is 254. The lowest BCUT2D eigenvalue weighted by molar-refractivity contribution is -0.122. The fourth-order valence-electron chi connectivity index (χ4n) is 3.12. The van der Waals surface area contributed by atoms with Gasteiger partial charge in [-0.05, 0) is 46.3 Å². The molecule has 1 aliphatic carbocycles. The van der Waals surface area contributed by atoms with Crippen LogP contribution in [0.1, 0.15) is 38.5 Å². The molecule has 2 rings (SSSR count). The zero-order valence-corrected chi connectivity index (χ0v) is 10.6. The second kappa shape index (κ2) is 5.28. The van der Waals surface area contributed by atoms with E-state index in [9.17, 15) is 4.79 Å². The summed E-state index contributed by atoms with van der Waals surface area (Å²) in [5.74, 6) is 0.465. The van der Waals surface area contributed by atoms with Gasteiger partial charge in [-0.15, -0.1) is 0 Å². The molecular weight excluding hydrogens is 200 g/mol. The number of hydrogen-bond acceptors (Lipinski definition) is 3. The zero-order valence-electron chi connectivity index (χ0n) is 10.6. The monoisotopic (exact) mass is 224 g/mol. The molecule has 16 heavy (non-hydrogen) atoms. The Labute approximate surface area is 98.8 Å². The average Bonchev–Trinajstić information content (AvgIpc) is 2.28. The molecule has 92 valence electrons. The van der Waals surface area contributed by atoms with Gasteiger partial charge >= 0.3 is 0 Å². The third-order valence-electron chi connectivity index (χ3n) is 4.21. The second-order valence-electron chi connectivity index (χ2n) is 5.51. The van der Waals surface area contributed by atoms with Crippen LogP contribution in [0.25, 0.3) is 0 Å². The SMILES string of the molecule is CN1CCCC(N(C)C2CCCC(=O)C2)C1. The third kappa shape index (κ3) is 2.83. The normalized spacial score (nSPS) is 33.3. The molecule has 1 heterocycles. The van der Waals surface area contributed by atoms with Crippen molar-refractivity contribution < 1.29 is 4.79 Å². The highest BCUT2D eigenvalue weighted by atomic mass is 16.1. The first kappa shape index (κ1) is 12.1. The standard InChI is InChI=1S/C13H24N2O/c1-14-8-4-6-12(10-14)15(2)11-5-3-7-13(16)9-11/h11-12H,3-10H2,1-2H3. The molecule has 2 unspecified atom stereocenters. The Morgan fingerprint density at radius 3 is 2.69 bits per heavy atom. The van der Waals surface area contributed by atoms with Gasteiger partial charge in [0, 0.05) is 31.5 Å². The summed E-state index contributed by atoms with van der Waals surface area (Å²) in [5, 5.41) is 0. The second-order valence-corrected chi connectivity index (χ2v) is 5.51. The Morgan fingerprint density at radius 1 is 1.25 bits per heavy atom. The minimum Gasteiger partial charge on any atom is -0.305 e. The van der Waals surface area contributed by atoms with Crippen molar-refractivity contribution in [2.24, 2.45) is 0 Å². The Balaban J connectivity index is 1.90. The maximum atomic E-state index is 11.5. The number of ketones is 1. The maximum absolute atomic E-state index is 11.5. The van der Waals surface area contributed by atoms with Crippen LogP contribution in [0.3, 0.4) is 0 Å². The van der Waals surface area contributed by atoms with Crippen molar-refractivity contribution in [1.29, 1.82) is 0 Å². The van der Waals surface area contributed by atoms with Gasteiger partial charge < -0.3 is 4.90 Å². The molecular formula is C13H24N2O. The van der Waals surface area contributed by atoms with Crippen molar-refractivity contribution in [3.05, 3.63) is 0 Å². The molecule has 0 amide bonds. The van der Waals surface area contributed by atoms with E-state index in [0.29, 0.717) is 17.9 Å². The van der Waals surface area contributed by atoms with Crippen molar-refractivity contribution >= 4 is 5.78 Å². The van der Waals surface area contributed by atoms with Crippen molar-refractivity contribution in [3.8, 4) is 0 Å². The number of Topliss-reactive ketones (excluding diaryl/α,β-unsaturated/α-hetero) is 1. The molecule has 1 saturated carbocycles. The average molecular weight is 224 g/mol. The van der Waals surface area contributed by atoms with Crippen LogP contribution in [-0.2, 0) is 4.79 Å². The Morgan fingerprint density at radius 2 is 2.00 bits per heavy atom. The van der Waals surface area contributed by atoms with Gasteiger partial charge in [-0.2, -0.15) is 0 Å². The van der Waals surface area contributed by atoms with E-state index in [2.05, 4.69) is 23.9 Å². The highest BCUT2D eigenvalue weighted by molar-refractivity contribution is 5.79. The third-order valence-corrected chi connectivity index (χ3v) is 4.21. The summed E-state index contributed by atoms with van der Waals surface area (Å²) in [6.07, 6.45) is 6.50. The van der Waals surface area contributed by atoms with Gasteiger partial charge in [0.1, 0.15) is 5.78 Å². The zero-order chi connectivity index (χ0) is 11.5. The molecule has 0 aromatic heterocycles. The molecule has 1 saturated heterocycles. The number of piperidine rings is 1. The molecule has 2 atom stereocenters. The van der Waals surface area contributed by atoms with Crippen LogP contribution in [0.15, 0.2) is 0 Å². The molecule has 0 aromatic carbocycles. The molecule has 3 nitrogen and oxygen atoms in total. The van der Waals surface area contributed by atoms with E-state index in [1.165, 1.54) is 32.4 Å². The highest BCUT2D eigenvalue weighted by Crippen LogP contribution is 2.24. The van der Waals surface area contributed by atoms with Crippen molar-refractivity contribution in [2.45, 2.75) is 50.6 Å². The quantitative estimate of drug-likeness (QED) is 0.710. The number of carbonyl (C=O) groups excluding carboxylic acids is 1. The summed E-state index contributed by atoms with van der Waals surface area (Å²) in [6, 6.07) is 1.17. The number of likely N-dealkylation sites (tertiary alicyclic amines) is 1. The predicted octanol–water partition coefficient (Wildman–Crippen LogP) is 1.52. The van der Waals surface area contributed by atoms with Gasteiger partial charge in [-0.1, -0.05) is 0 Å². The van der Waals surface area contributed by atoms with Gasteiger partial charge in [-0.3, -0.25) is 9.69 Å². The summed E-state index contributed by atoms with van der Waals surface area (Å²) in [6.45, 7) is 2.40. The fraction of sp³-hybridized carbons (Fsp3) is 0.923. The van der Waals surface area contributed by atoms with E-state index in [1.807, 2.05) is 0 Å². The summed E-state index contributed by atoms with van der Waals surface area (Å²) >= 11 is 0. The minimum atomic E-state index is 0.465. The van der Waals surface area contributed by atoms with Crippen LogP contribution in [-0.4, -0.2) is 54.9 Å². The van der Waals surface area contributed by atoms with E-state index in [-0.39, 0.29) is 0 Å². The summed E-state index contributed by atoms with van der Waals surface area (Å²) < 4.78 is 0. The maximum Gasteiger partial charge on any atom is 0.134 e. The lowest BCUT2D eigenvalue weighted by Crippen LogP contribution is -2.50. The van der Waals surface area contributed by atoms with Gasteiger partial charge in [-0.25, -0.2) is 0 Å². The van der Waals surface area contributed by atoms with Crippen LogP contribution in [0, 0.1) is 0 Å². The van der Waals surface area contributed by atoms with Crippen LogP contribution in [0.4, 0.5) is 0 Å². The van der Waals surface area contributed by atoms with Crippen molar-refractivity contribution in [3.63, 3.8) is 0 Å². The van der Waals surface area contributed by atoms with Gasteiger partial charge in [0.05, 0.1) is 0 Å². The first-order valence-electron chi connectivity index (χ1n) is 6.59. The van der Waals surface area contributed by atoms with Crippen LogP contribution in [0.5, 0.6) is 0 Å². The minimum absolute atomic E-state index is 0.465. The number of hydrogen-bond donors (Lipinski definition) is 0. The number of likely N-dealkylation sites (N-methyl/N-ethyl adjacent to an activating group) is 2. The summed E-state index contributed by atoms with van der Waals surface area (Å²) in [4.78, 5) is 16.4. The van der Waals surface area contributed by atoms with Gasteiger partial charge in [0.25, 0.3) is 0 Å². The molecule has 2 aliphatic rings. The summed E-state index contributed by atoms with van der Waals surface area (Å²) in [7, 11) is 4.42. The Kier molecular flexibility index (Phi) is 3.98. The summed E-state index contributed by atoms with van der Waals surface area (Å²) in [5.41, 5.74) is 0. The fourth-order valence-corrected chi connectivity index (χ4v) is 3.12. The van der Waals surface area contributed by atoms with Crippen LogP contribution < -0.4 is 0 Å². The molecule has 0 N–H and O–H groups in total. The predicted molar refractivity (Wildman–Crippen MR) is 65.5 cm³/mol. The first-order chi connectivity index (χ1) is 7.66. The smallest absolute Gasteiger partial charge is 0.134 e. The van der Waals surface area contributed by atoms with Crippen molar-refractivity contribution in [2.75, 3.05) is 27.2 Å². The number of nitrogens with zero attached hydrogens (tertiary/aromatic N) is 2. The van der Waals surface area contributed by atoms with Crippen LogP contribution >= 0.6 is 0 Å². The van der Waals surface area contributed by atoms with Gasteiger partial charge in [0.15, 0.2) is 0 Å². The number of carbonyl (C=O) groups is 1. The van der Waals surface area contributed by atoms with Gasteiger partial charge in [0.2, 0.25) is 0 Å². The topological polar surface area (TPSA) is 23.6 Å². The van der Waals surface area contributed by atoms with E-state index in [4.69, 9.17) is 0 Å².